The largest absolute Gasteiger partial charge is 0.307 e. The molecule has 1 nitrogen and oxygen atoms in total. The average Bonchev–Trinajstić information content (AvgIpc) is 2.82. The molecular formula is C14H21NS. The Hall–Kier alpha value is -0.470. The Morgan fingerprint density at radius 3 is 2.38 bits per heavy atom. The lowest BCUT2D eigenvalue weighted by Crippen LogP contribution is -2.28. The summed E-state index contributed by atoms with van der Waals surface area (Å²) in [4.78, 5) is 1.34. The van der Waals surface area contributed by atoms with Crippen LogP contribution in [0.4, 0.5) is 0 Å². The van der Waals surface area contributed by atoms with Gasteiger partial charge in [-0.15, -0.1) is 11.8 Å². The van der Waals surface area contributed by atoms with Crippen molar-refractivity contribution in [2.24, 2.45) is 0 Å². The minimum Gasteiger partial charge on any atom is -0.307 e. The van der Waals surface area contributed by atoms with Crippen molar-refractivity contribution < 1.29 is 0 Å². The molecule has 1 aromatic carbocycles. The van der Waals surface area contributed by atoms with Crippen LogP contribution in [-0.2, 0) is 0 Å². The molecule has 0 bridgehead atoms. The van der Waals surface area contributed by atoms with Crippen LogP contribution in [0.3, 0.4) is 0 Å². The summed E-state index contributed by atoms with van der Waals surface area (Å²) in [6, 6.07) is 10.2. The van der Waals surface area contributed by atoms with Crippen LogP contribution in [-0.4, -0.2) is 12.3 Å². The van der Waals surface area contributed by atoms with Crippen molar-refractivity contribution in [2.75, 3.05) is 6.26 Å². The van der Waals surface area contributed by atoms with Gasteiger partial charge in [0.1, 0.15) is 0 Å². The Labute approximate surface area is 103 Å². The second-order valence-corrected chi connectivity index (χ2v) is 5.52. The summed E-state index contributed by atoms with van der Waals surface area (Å²) < 4.78 is 0. The minimum atomic E-state index is 0.485. The van der Waals surface area contributed by atoms with Gasteiger partial charge in [-0.25, -0.2) is 0 Å². The maximum absolute atomic E-state index is 3.73. The van der Waals surface area contributed by atoms with Crippen LogP contribution in [0.5, 0.6) is 0 Å². The highest BCUT2D eigenvalue weighted by Gasteiger charge is 2.17. The summed E-state index contributed by atoms with van der Waals surface area (Å²) in [5.41, 5.74) is 1.41. The molecule has 2 rings (SSSR count). The second kappa shape index (κ2) is 5.74. The molecule has 0 aliphatic heterocycles. The molecule has 0 amide bonds. The summed E-state index contributed by atoms with van der Waals surface area (Å²) in [6.07, 6.45) is 7.63. The molecule has 0 spiro atoms. The van der Waals surface area contributed by atoms with Gasteiger partial charge < -0.3 is 5.32 Å². The molecule has 16 heavy (non-hydrogen) atoms. The fourth-order valence-electron chi connectivity index (χ4n) is 2.43. The van der Waals surface area contributed by atoms with Gasteiger partial charge in [0.15, 0.2) is 0 Å². The lowest BCUT2D eigenvalue weighted by atomic mass is 10.1. The molecule has 0 radical (unpaired) electrons. The summed E-state index contributed by atoms with van der Waals surface area (Å²) in [5, 5.41) is 3.73. The number of hydrogen-bond donors (Lipinski definition) is 1. The molecule has 1 atom stereocenters. The molecule has 0 aromatic heterocycles. The average molecular weight is 235 g/mol. The van der Waals surface area contributed by atoms with E-state index in [1.54, 1.807) is 11.8 Å². The van der Waals surface area contributed by atoms with Crippen LogP contribution >= 0.6 is 11.8 Å². The third kappa shape index (κ3) is 3.02. The van der Waals surface area contributed by atoms with E-state index < -0.39 is 0 Å². The molecule has 0 heterocycles. The number of nitrogens with one attached hydrogen (secondary N) is 1. The van der Waals surface area contributed by atoms with Gasteiger partial charge in [0.2, 0.25) is 0 Å². The molecule has 1 fully saturated rings. The first-order chi connectivity index (χ1) is 7.79. The van der Waals surface area contributed by atoms with Crippen LogP contribution in [0.25, 0.3) is 0 Å². The molecule has 1 N–H and O–H groups in total. The Morgan fingerprint density at radius 1 is 1.19 bits per heavy atom. The number of hydrogen-bond acceptors (Lipinski definition) is 2. The Bertz CT molecular complexity index is 314. The maximum atomic E-state index is 3.73. The summed E-state index contributed by atoms with van der Waals surface area (Å²) in [5.74, 6) is 0. The molecule has 1 aliphatic rings. The zero-order valence-corrected chi connectivity index (χ0v) is 11.0. The number of thioether (sulfide) groups is 1. The van der Waals surface area contributed by atoms with Gasteiger partial charge in [-0.1, -0.05) is 25.0 Å². The smallest absolute Gasteiger partial charge is 0.0294 e. The van der Waals surface area contributed by atoms with Crippen molar-refractivity contribution in [3.8, 4) is 0 Å². The standard InChI is InChI=1S/C14H21NS/c1-11(15-13-5-3-4-6-13)12-7-9-14(16-2)10-8-12/h7-11,13,15H,3-6H2,1-2H3. The summed E-state index contributed by atoms with van der Waals surface area (Å²) in [7, 11) is 0. The van der Waals surface area contributed by atoms with E-state index >= 15 is 0 Å². The predicted octanol–water partition coefficient (Wildman–Crippen LogP) is 4.00. The molecule has 88 valence electrons. The predicted molar refractivity (Wildman–Crippen MR) is 72.0 cm³/mol. The van der Waals surface area contributed by atoms with Crippen molar-refractivity contribution in [2.45, 2.75) is 49.6 Å². The van der Waals surface area contributed by atoms with E-state index in [1.807, 2.05) is 0 Å². The van der Waals surface area contributed by atoms with Crippen molar-refractivity contribution in [1.82, 2.24) is 5.32 Å². The van der Waals surface area contributed by atoms with E-state index in [0.717, 1.165) is 6.04 Å². The van der Waals surface area contributed by atoms with E-state index in [9.17, 15) is 0 Å². The van der Waals surface area contributed by atoms with Gasteiger partial charge in [0.05, 0.1) is 0 Å². The second-order valence-electron chi connectivity index (χ2n) is 4.64. The van der Waals surface area contributed by atoms with Crippen LogP contribution in [0, 0.1) is 0 Å². The van der Waals surface area contributed by atoms with Crippen LogP contribution < -0.4 is 5.32 Å². The van der Waals surface area contributed by atoms with Crippen molar-refractivity contribution >= 4 is 11.8 Å². The first-order valence-electron chi connectivity index (χ1n) is 6.19. The van der Waals surface area contributed by atoms with Crippen LogP contribution in [0.15, 0.2) is 29.2 Å². The third-order valence-corrected chi connectivity index (χ3v) is 4.20. The van der Waals surface area contributed by atoms with E-state index in [-0.39, 0.29) is 0 Å². The quantitative estimate of drug-likeness (QED) is 0.792. The lowest BCUT2D eigenvalue weighted by Gasteiger charge is -2.19. The highest BCUT2D eigenvalue weighted by atomic mass is 32.2. The fraction of sp³-hybridized carbons (Fsp3) is 0.571. The van der Waals surface area contributed by atoms with Gasteiger partial charge in [-0.05, 0) is 43.7 Å². The molecule has 2 heteroatoms. The van der Waals surface area contributed by atoms with E-state index in [0.29, 0.717) is 6.04 Å². The van der Waals surface area contributed by atoms with Gasteiger partial charge in [0.25, 0.3) is 0 Å². The third-order valence-electron chi connectivity index (χ3n) is 3.46. The SMILES string of the molecule is CSc1ccc(C(C)NC2CCCC2)cc1. The van der Waals surface area contributed by atoms with Crippen molar-refractivity contribution in [1.29, 1.82) is 0 Å². The highest BCUT2D eigenvalue weighted by Crippen LogP contribution is 2.23. The van der Waals surface area contributed by atoms with Crippen LogP contribution in [0.2, 0.25) is 0 Å². The zero-order chi connectivity index (χ0) is 11.4. The van der Waals surface area contributed by atoms with Crippen molar-refractivity contribution in [3.63, 3.8) is 0 Å². The molecule has 0 saturated heterocycles. The van der Waals surface area contributed by atoms with Gasteiger partial charge >= 0.3 is 0 Å². The van der Waals surface area contributed by atoms with Crippen LogP contribution in [0.1, 0.15) is 44.2 Å². The normalized spacial score (nSPS) is 18.9. The topological polar surface area (TPSA) is 12.0 Å². The van der Waals surface area contributed by atoms with Crippen molar-refractivity contribution in [3.05, 3.63) is 29.8 Å². The summed E-state index contributed by atoms with van der Waals surface area (Å²) >= 11 is 1.80. The Morgan fingerprint density at radius 2 is 1.81 bits per heavy atom. The van der Waals surface area contributed by atoms with E-state index in [2.05, 4.69) is 42.8 Å². The first kappa shape index (κ1) is 12.0. The van der Waals surface area contributed by atoms with Gasteiger partial charge in [-0.3, -0.25) is 0 Å². The Balaban J connectivity index is 1.94. The molecule has 1 aliphatic carbocycles. The maximum Gasteiger partial charge on any atom is 0.0294 e. The number of benzene rings is 1. The Kier molecular flexibility index (Phi) is 4.30. The monoisotopic (exact) mass is 235 g/mol. The first-order valence-corrected chi connectivity index (χ1v) is 7.42. The van der Waals surface area contributed by atoms with Gasteiger partial charge in [-0.2, -0.15) is 0 Å². The molecule has 1 saturated carbocycles. The van der Waals surface area contributed by atoms with Gasteiger partial charge in [0, 0.05) is 17.0 Å². The van der Waals surface area contributed by atoms with E-state index in [1.165, 1.54) is 36.1 Å². The molecule has 1 unspecified atom stereocenters. The number of rotatable bonds is 4. The summed E-state index contributed by atoms with van der Waals surface area (Å²) in [6.45, 7) is 2.27. The minimum absolute atomic E-state index is 0.485. The molecular weight excluding hydrogens is 214 g/mol. The fourth-order valence-corrected chi connectivity index (χ4v) is 2.84. The highest BCUT2D eigenvalue weighted by molar-refractivity contribution is 7.98. The molecule has 1 aromatic rings. The lowest BCUT2D eigenvalue weighted by molar-refractivity contribution is 0.461. The van der Waals surface area contributed by atoms with E-state index in [4.69, 9.17) is 0 Å². The zero-order valence-electron chi connectivity index (χ0n) is 10.2.